The van der Waals surface area contributed by atoms with E-state index in [2.05, 4.69) is 20.2 Å². The fourth-order valence-corrected chi connectivity index (χ4v) is 2.19. The van der Waals surface area contributed by atoms with Crippen LogP contribution >= 0.6 is 0 Å². The predicted octanol–water partition coefficient (Wildman–Crippen LogP) is 3.94. The Morgan fingerprint density at radius 3 is 2.31 bits per heavy atom. The van der Waals surface area contributed by atoms with E-state index in [9.17, 15) is 13.2 Å². The number of rotatable bonds is 3. The minimum absolute atomic E-state index is 0.0327. The van der Waals surface area contributed by atoms with Gasteiger partial charge in [0.05, 0.1) is 5.56 Å². The quantitative estimate of drug-likeness (QED) is 0.760. The molecule has 0 aliphatic carbocycles. The molecule has 3 aromatic rings. The number of aromatic nitrogens is 4. The molecular weight excluding hydrogens is 347 g/mol. The molecule has 2 heterocycles. The van der Waals surface area contributed by atoms with Crippen LogP contribution in [0.1, 0.15) is 17.0 Å². The normalized spacial score (nSPS) is 11.4. The van der Waals surface area contributed by atoms with Crippen molar-refractivity contribution in [3.05, 3.63) is 53.6 Å². The summed E-state index contributed by atoms with van der Waals surface area (Å²) in [6.07, 6.45) is -1.49. The average Bonchev–Trinajstić information content (AvgIpc) is 2.58. The summed E-state index contributed by atoms with van der Waals surface area (Å²) in [5.41, 5.74) is 6.27. The zero-order valence-corrected chi connectivity index (χ0v) is 13.9. The van der Waals surface area contributed by atoms with Gasteiger partial charge in [-0.2, -0.15) is 13.2 Å². The molecule has 26 heavy (non-hydrogen) atoms. The summed E-state index contributed by atoms with van der Waals surface area (Å²) >= 11 is 0. The van der Waals surface area contributed by atoms with Gasteiger partial charge in [0.1, 0.15) is 17.4 Å². The number of nitrogens with zero attached hydrogens (tertiary/aromatic N) is 4. The number of hydrogen-bond donors (Lipinski definition) is 1. The number of anilines is 1. The van der Waals surface area contributed by atoms with Crippen LogP contribution in [-0.2, 0) is 6.18 Å². The maximum absolute atomic E-state index is 13.1. The van der Waals surface area contributed by atoms with Gasteiger partial charge in [0.25, 0.3) is 0 Å². The smallest absolute Gasteiger partial charge is 0.416 e. The largest absolute Gasteiger partial charge is 0.437 e. The van der Waals surface area contributed by atoms with Crippen molar-refractivity contribution in [1.29, 1.82) is 0 Å². The lowest BCUT2D eigenvalue weighted by molar-refractivity contribution is -0.137. The van der Waals surface area contributed by atoms with Crippen LogP contribution < -0.4 is 10.5 Å². The number of alkyl halides is 3. The van der Waals surface area contributed by atoms with E-state index in [-0.39, 0.29) is 17.4 Å². The van der Waals surface area contributed by atoms with E-state index >= 15 is 0 Å². The van der Waals surface area contributed by atoms with Crippen molar-refractivity contribution in [2.45, 2.75) is 20.0 Å². The Kier molecular flexibility index (Phi) is 4.45. The third-order valence-electron chi connectivity index (χ3n) is 3.62. The van der Waals surface area contributed by atoms with Gasteiger partial charge in [0.2, 0.25) is 5.88 Å². The first kappa shape index (κ1) is 17.6. The Morgan fingerprint density at radius 2 is 1.69 bits per heavy atom. The van der Waals surface area contributed by atoms with Gasteiger partial charge in [-0.15, -0.1) is 10.2 Å². The van der Waals surface area contributed by atoms with E-state index in [1.165, 1.54) is 24.5 Å². The first-order valence-electron chi connectivity index (χ1n) is 7.52. The molecule has 3 rings (SSSR count). The zero-order chi connectivity index (χ0) is 18.9. The van der Waals surface area contributed by atoms with E-state index in [0.717, 1.165) is 12.1 Å². The monoisotopic (exact) mass is 361 g/mol. The lowest BCUT2D eigenvalue weighted by atomic mass is 10.0. The molecule has 0 bridgehead atoms. The Labute approximate surface area is 146 Å². The van der Waals surface area contributed by atoms with Crippen LogP contribution in [-0.4, -0.2) is 20.2 Å². The molecule has 0 aliphatic heterocycles. The van der Waals surface area contributed by atoms with Gasteiger partial charge in [-0.3, -0.25) is 0 Å². The molecule has 0 amide bonds. The van der Waals surface area contributed by atoms with Gasteiger partial charge in [-0.05, 0) is 37.6 Å². The van der Waals surface area contributed by atoms with E-state index in [1.807, 2.05) is 0 Å². The van der Waals surface area contributed by atoms with Crippen molar-refractivity contribution in [2.24, 2.45) is 0 Å². The molecule has 0 unspecified atom stereocenters. The van der Waals surface area contributed by atoms with Crippen LogP contribution in [0.2, 0.25) is 0 Å². The van der Waals surface area contributed by atoms with E-state index in [4.69, 9.17) is 10.5 Å². The number of nitrogens with two attached hydrogens (primary N) is 1. The number of aryl methyl sites for hydroxylation is 2. The maximum Gasteiger partial charge on any atom is 0.416 e. The predicted molar refractivity (Wildman–Crippen MR) is 88.5 cm³/mol. The highest BCUT2D eigenvalue weighted by Crippen LogP contribution is 2.38. The number of nitrogen functional groups attached to an aromatic ring is 1. The summed E-state index contributed by atoms with van der Waals surface area (Å²) < 4.78 is 44.8. The summed E-state index contributed by atoms with van der Waals surface area (Å²) in [6, 6.07) is 4.69. The SMILES string of the molecule is Cc1ncc(-c2ccc(C(F)(F)F)cc2Oc2cc(C)c(N)nn2)cn1. The second kappa shape index (κ2) is 6.58. The molecule has 0 aliphatic rings. The first-order chi connectivity index (χ1) is 12.2. The van der Waals surface area contributed by atoms with E-state index < -0.39 is 11.7 Å². The molecule has 0 spiro atoms. The molecule has 134 valence electrons. The standard InChI is InChI=1S/C17H14F3N5O/c1-9-5-15(24-25-16(9)21)26-14-6-12(17(18,19)20)3-4-13(14)11-7-22-10(2)23-8-11/h3-8H,1-2H3,(H2,21,25). The topological polar surface area (TPSA) is 86.8 Å². The summed E-state index contributed by atoms with van der Waals surface area (Å²) in [4.78, 5) is 8.13. The van der Waals surface area contributed by atoms with Crippen molar-refractivity contribution in [3.8, 4) is 22.8 Å². The summed E-state index contributed by atoms with van der Waals surface area (Å²) in [7, 11) is 0. The highest BCUT2D eigenvalue weighted by Gasteiger charge is 2.31. The van der Waals surface area contributed by atoms with Crippen molar-refractivity contribution in [3.63, 3.8) is 0 Å². The van der Waals surface area contributed by atoms with Gasteiger partial charge < -0.3 is 10.5 Å². The fraction of sp³-hybridized carbons (Fsp3) is 0.176. The van der Waals surface area contributed by atoms with Crippen LogP contribution in [0, 0.1) is 13.8 Å². The van der Waals surface area contributed by atoms with Crippen LogP contribution in [0.25, 0.3) is 11.1 Å². The third-order valence-corrected chi connectivity index (χ3v) is 3.62. The summed E-state index contributed by atoms with van der Waals surface area (Å²) in [5, 5.41) is 7.48. The zero-order valence-electron chi connectivity index (χ0n) is 13.9. The highest BCUT2D eigenvalue weighted by atomic mass is 19.4. The van der Waals surface area contributed by atoms with Crippen LogP contribution in [0.5, 0.6) is 11.6 Å². The lowest BCUT2D eigenvalue weighted by Crippen LogP contribution is -2.06. The molecule has 0 radical (unpaired) electrons. The summed E-state index contributed by atoms with van der Waals surface area (Å²) in [5.74, 6) is 0.757. The number of halogens is 3. The lowest BCUT2D eigenvalue weighted by Gasteiger charge is -2.14. The van der Waals surface area contributed by atoms with Crippen LogP contribution in [0.4, 0.5) is 19.0 Å². The Morgan fingerprint density at radius 1 is 1.00 bits per heavy atom. The third kappa shape index (κ3) is 3.71. The fourth-order valence-electron chi connectivity index (χ4n) is 2.19. The maximum atomic E-state index is 13.1. The molecule has 0 atom stereocenters. The number of benzene rings is 1. The second-order valence-corrected chi connectivity index (χ2v) is 5.58. The number of hydrogen-bond acceptors (Lipinski definition) is 6. The Hall–Kier alpha value is -3.23. The van der Waals surface area contributed by atoms with Crippen molar-refractivity contribution in [2.75, 3.05) is 5.73 Å². The Bertz CT molecular complexity index is 942. The molecule has 0 saturated carbocycles. The minimum Gasteiger partial charge on any atom is -0.437 e. The molecule has 0 saturated heterocycles. The van der Waals surface area contributed by atoms with Gasteiger partial charge in [0.15, 0.2) is 0 Å². The molecule has 6 nitrogen and oxygen atoms in total. The molecular formula is C17H14F3N5O. The van der Waals surface area contributed by atoms with Gasteiger partial charge >= 0.3 is 6.18 Å². The molecule has 1 aromatic carbocycles. The van der Waals surface area contributed by atoms with Gasteiger partial charge in [-0.1, -0.05) is 0 Å². The molecule has 2 aromatic heterocycles. The second-order valence-electron chi connectivity index (χ2n) is 5.58. The molecule has 2 N–H and O–H groups in total. The van der Waals surface area contributed by atoms with Crippen molar-refractivity contribution < 1.29 is 17.9 Å². The van der Waals surface area contributed by atoms with Crippen LogP contribution in [0.15, 0.2) is 36.7 Å². The average molecular weight is 361 g/mol. The van der Waals surface area contributed by atoms with Crippen molar-refractivity contribution in [1.82, 2.24) is 20.2 Å². The van der Waals surface area contributed by atoms with E-state index in [1.54, 1.807) is 13.8 Å². The minimum atomic E-state index is -4.51. The Balaban J connectivity index is 2.09. The molecule has 0 fully saturated rings. The van der Waals surface area contributed by atoms with E-state index in [0.29, 0.717) is 22.5 Å². The van der Waals surface area contributed by atoms with Crippen molar-refractivity contribution >= 4 is 5.82 Å². The van der Waals surface area contributed by atoms with Crippen LogP contribution in [0.3, 0.4) is 0 Å². The number of ether oxygens (including phenoxy) is 1. The molecule has 9 heteroatoms. The summed E-state index contributed by atoms with van der Waals surface area (Å²) in [6.45, 7) is 3.40. The first-order valence-corrected chi connectivity index (χ1v) is 7.52. The van der Waals surface area contributed by atoms with Gasteiger partial charge in [-0.25, -0.2) is 9.97 Å². The van der Waals surface area contributed by atoms with Gasteiger partial charge in [0, 0.05) is 29.6 Å². The highest BCUT2D eigenvalue weighted by molar-refractivity contribution is 5.70.